The van der Waals surface area contributed by atoms with E-state index in [-0.39, 0.29) is 12.4 Å². The molecule has 2 rings (SSSR count). The maximum atomic E-state index is 13.2. The number of ether oxygens (including phenoxy) is 1. The molecule has 0 bridgehead atoms. The fourth-order valence-corrected chi connectivity index (χ4v) is 1.62. The minimum absolute atomic E-state index is 0.199. The number of benzene rings is 1. The Morgan fingerprint density at radius 1 is 1.35 bits per heavy atom. The molecule has 0 aliphatic rings. The Bertz CT molecular complexity index is 529. The number of rotatable bonds is 3. The largest absolute Gasteiger partial charge is 0.495 e. The van der Waals surface area contributed by atoms with E-state index < -0.39 is 0 Å². The van der Waals surface area contributed by atoms with Gasteiger partial charge in [-0.1, -0.05) is 12.1 Å². The molecule has 0 aliphatic heterocycles. The molecule has 3 nitrogen and oxygen atoms in total. The smallest absolute Gasteiger partial charge is 0.137 e. The van der Waals surface area contributed by atoms with Crippen LogP contribution in [0.2, 0.25) is 0 Å². The van der Waals surface area contributed by atoms with E-state index in [1.54, 1.807) is 18.2 Å². The Labute approximate surface area is 98.5 Å². The minimum atomic E-state index is -0.325. The number of methoxy groups -OCH3 is 1. The molecular weight excluding hydrogens is 221 g/mol. The zero-order valence-electron chi connectivity index (χ0n) is 9.35. The molecule has 1 aromatic carbocycles. The summed E-state index contributed by atoms with van der Waals surface area (Å²) in [5.74, 6) is 0.246. The predicted molar refractivity (Wildman–Crippen MR) is 62.1 cm³/mol. The van der Waals surface area contributed by atoms with Crippen molar-refractivity contribution in [2.75, 3.05) is 7.11 Å². The molecule has 0 aliphatic carbocycles. The van der Waals surface area contributed by atoms with Crippen molar-refractivity contribution < 1.29 is 14.2 Å². The summed E-state index contributed by atoms with van der Waals surface area (Å²) in [6.45, 7) is -0.199. The van der Waals surface area contributed by atoms with E-state index in [9.17, 15) is 9.50 Å². The standard InChI is InChI=1S/C13H12FNO2/c1-17-11-6-12(13(8-16)15-7-11)9-3-2-4-10(14)5-9/h2-7,16H,8H2,1H3. The number of hydrogen-bond donors (Lipinski definition) is 1. The van der Waals surface area contributed by atoms with Gasteiger partial charge in [0, 0.05) is 5.56 Å². The molecule has 1 N–H and O–H groups in total. The van der Waals surface area contributed by atoms with E-state index in [4.69, 9.17) is 4.74 Å². The summed E-state index contributed by atoms with van der Waals surface area (Å²) in [4.78, 5) is 4.08. The van der Waals surface area contributed by atoms with Crippen LogP contribution in [0.5, 0.6) is 5.75 Å². The van der Waals surface area contributed by atoms with Crippen LogP contribution in [0.15, 0.2) is 36.5 Å². The molecule has 2 aromatic rings. The first kappa shape index (κ1) is 11.5. The maximum Gasteiger partial charge on any atom is 0.137 e. The average molecular weight is 233 g/mol. The molecule has 1 heterocycles. The van der Waals surface area contributed by atoms with Crippen LogP contribution >= 0.6 is 0 Å². The average Bonchev–Trinajstić information content (AvgIpc) is 2.38. The lowest BCUT2D eigenvalue weighted by Gasteiger charge is -2.09. The SMILES string of the molecule is COc1cnc(CO)c(-c2cccc(F)c2)c1. The molecular formula is C13H12FNO2. The zero-order valence-corrected chi connectivity index (χ0v) is 9.35. The molecule has 0 spiro atoms. The molecule has 4 heteroatoms. The minimum Gasteiger partial charge on any atom is -0.495 e. The number of aliphatic hydroxyl groups excluding tert-OH is 1. The summed E-state index contributed by atoms with van der Waals surface area (Å²) in [5.41, 5.74) is 1.84. The van der Waals surface area contributed by atoms with Gasteiger partial charge in [0.25, 0.3) is 0 Å². The van der Waals surface area contributed by atoms with Crippen molar-refractivity contribution in [2.24, 2.45) is 0 Å². The Hall–Kier alpha value is -1.94. The Morgan fingerprint density at radius 3 is 2.82 bits per heavy atom. The van der Waals surface area contributed by atoms with Gasteiger partial charge in [-0.25, -0.2) is 4.39 Å². The molecule has 0 radical (unpaired) electrons. The van der Waals surface area contributed by atoms with Gasteiger partial charge in [-0.3, -0.25) is 4.98 Å². The maximum absolute atomic E-state index is 13.2. The number of halogens is 1. The van der Waals surface area contributed by atoms with Gasteiger partial charge >= 0.3 is 0 Å². The van der Waals surface area contributed by atoms with Crippen molar-refractivity contribution in [3.8, 4) is 16.9 Å². The summed E-state index contributed by atoms with van der Waals surface area (Å²) in [7, 11) is 1.53. The van der Waals surface area contributed by atoms with Crippen molar-refractivity contribution in [1.82, 2.24) is 4.98 Å². The van der Waals surface area contributed by atoms with Crippen LogP contribution in [0.3, 0.4) is 0 Å². The number of aliphatic hydroxyl groups is 1. The Balaban J connectivity index is 2.56. The van der Waals surface area contributed by atoms with E-state index in [0.29, 0.717) is 22.6 Å². The van der Waals surface area contributed by atoms with Crippen LogP contribution in [-0.4, -0.2) is 17.2 Å². The fraction of sp³-hybridized carbons (Fsp3) is 0.154. The third-order valence-electron chi connectivity index (χ3n) is 2.47. The first-order valence-corrected chi connectivity index (χ1v) is 5.14. The van der Waals surface area contributed by atoms with Crippen molar-refractivity contribution in [3.05, 3.63) is 48.0 Å². The molecule has 0 atom stereocenters. The molecule has 0 saturated heterocycles. The van der Waals surface area contributed by atoms with Crippen LogP contribution in [0, 0.1) is 5.82 Å². The predicted octanol–water partition coefficient (Wildman–Crippen LogP) is 2.39. The third-order valence-corrected chi connectivity index (χ3v) is 2.47. The summed E-state index contributed by atoms with van der Waals surface area (Å²) in [6, 6.07) is 7.88. The Morgan fingerprint density at radius 2 is 2.18 bits per heavy atom. The molecule has 0 fully saturated rings. The normalized spacial score (nSPS) is 10.3. The highest BCUT2D eigenvalue weighted by Gasteiger charge is 2.08. The van der Waals surface area contributed by atoms with Gasteiger partial charge in [-0.15, -0.1) is 0 Å². The van der Waals surface area contributed by atoms with Crippen molar-refractivity contribution in [2.45, 2.75) is 6.61 Å². The van der Waals surface area contributed by atoms with E-state index >= 15 is 0 Å². The topological polar surface area (TPSA) is 42.4 Å². The van der Waals surface area contributed by atoms with Gasteiger partial charge in [-0.2, -0.15) is 0 Å². The van der Waals surface area contributed by atoms with Crippen molar-refractivity contribution in [1.29, 1.82) is 0 Å². The van der Waals surface area contributed by atoms with Crippen LogP contribution in [0.4, 0.5) is 4.39 Å². The summed E-state index contributed by atoms with van der Waals surface area (Å²) < 4.78 is 18.2. The first-order chi connectivity index (χ1) is 8.24. The van der Waals surface area contributed by atoms with Gasteiger partial charge in [0.2, 0.25) is 0 Å². The van der Waals surface area contributed by atoms with E-state index in [1.807, 2.05) is 0 Å². The van der Waals surface area contributed by atoms with Gasteiger partial charge in [0.05, 0.1) is 25.6 Å². The van der Waals surface area contributed by atoms with Crippen LogP contribution in [0.1, 0.15) is 5.69 Å². The summed E-state index contributed by atoms with van der Waals surface area (Å²) in [5, 5.41) is 9.22. The van der Waals surface area contributed by atoms with Crippen LogP contribution < -0.4 is 4.74 Å². The molecule has 0 unspecified atom stereocenters. The lowest BCUT2D eigenvalue weighted by atomic mass is 10.0. The van der Waals surface area contributed by atoms with Crippen LogP contribution in [0.25, 0.3) is 11.1 Å². The molecule has 17 heavy (non-hydrogen) atoms. The first-order valence-electron chi connectivity index (χ1n) is 5.14. The Kier molecular flexibility index (Phi) is 3.35. The van der Waals surface area contributed by atoms with E-state index in [0.717, 1.165) is 0 Å². The molecule has 1 aromatic heterocycles. The third kappa shape index (κ3) is 2.42. The van der Waals surface area contributed by atoms with Crippen molar-refractivity contribution in [3.63, 3.8) is 0 Å². The lowest BCUT2D eigenvalue weighted by molar-refractivity contribution is 0.277. The molecule has 88 valence electrons. The number of nitrogens with zero attached hydrogens (tertiary/aromatic N) is 1. The van der Waals surface area contributed by atoms with Gasteiger partial charge < -0.3 is 9.84 Å². The molecule has 0 amide bonds. The zero-order chi connectivity index (χ0) is 12.3. The monoisotopic (exact) mass is 233 g/mol. The number of pyridine rings is 1. The highest BCUT2D eigenvalue weighted by Crippen LogP contribution is 2.26. The van der Waals surface area contributed by atoms with E-state index in [1.165, 1.54) is 25.4 Å². The highest BCUT2D eigenvalue weighted by molar-refractivity contribution is 5.67. The second-order valence-electron chi connectivity index (χ2n) is 3.54. The van der Waals surface area contributed by atoms with Gasteiger partial charge in [0.1, 0.15) is 11.6 Å². The highest BCUT2D eigenvalue weighted by atomic mass is 19.1. The second kappa shape index (κ2) is 4.93. The van der Waals surface area contributed by atoms with Gasteiger partial charge in [-0.05, 0) is 23.8 Å². The quantitative estimate of drug-likeness (QED) is 0.885. The number of hydrogen-bond acceptors (Lipinski definition) is 3. The van der Waals surface area contributed by atoms with E-state index in [2.05, 4.69) is 4.98 Å². The summed E-state index contributed by atoms with van der Waals surface area (Å²) in [6.07, 6.45) is 1.52. The fourth-order valence-electron chi connectivity index (χ4n) is 1.62. The number of aromatic nitrogens is 1. The second-order valence-corrected chi connectivity index (χ2v) is 3.54. The van der Waals surface area contributed by atoms with Crippen molar-refractivity contribution >= 4 is 0 Å². The van der Waals surface area contributed by atoms with Crippen LogP contribution in [-0.2, 0) is 6.61 Å². The lowest BCUT2D eigenvalue weighted by Crippen LogP contribution is -1.96. The summed E-state index contributed by atoms with van der Waals surface area (Å²) >= 11 is 0. The molecule has 0 saturated carbocycles. The van der Waals surface area contributed by atoms with Gasteiger partial charge in [0.15, 0.2) is 0 Å².